The third-order valence-electron chi connectivity index (χ3n) is 7.87. The minimum Gasteiger partial charge on any atom is -0.492 e. The van der Waals surface area contributed by atoms with E-state index in [1.54, 1.807) is 0 Å². The molecule has 1 saturated heterocycles. The molecule has 6 rings (SSSR count). The van der Waals surface area contributed by atoms with Crippen LogP contribution in [0.2, 0.25) is 0 Å². The summed E-state index contributed by atoms with van der Waals surface area (Å²) < 4.78 is 41.5. The number of para-hydroxylation sites is 1. The molecule has 3 aliphatic heterocycles. The monoisotopic (exact) mass is 448 g/mol. The third-order valence-corrected chi connectivity index (χ3v) is 9.85. The second kappa shape index (κ2) is 9.38. The van der Waals surface area contributed by atoms with Crippen molar-refractivity contribution >= 4 is 10.0 Å². The minimum absolute atomic E-state index is 0.0703. The molecule has 2 saturated carbocycles. The van der Waals surface area contributed by atoms with Gasteiger partial charge < -0.3 is 9.47 Å². The Morgan fingerprint density at radius 2 is 1.74 bits per heavy atom. The standard InChI is InChI=1S/C24H36N2O4S/c27-31(28,20-5-3-6-20)25-22-8-4-14-26-15-16-29-24-9-2-1-7-21(24)18-10-12-19(13-11-18)30-17-23(22)26/h1-2,7,9,18-20,22-23,25H,3-6,8,10-17H2/t18?,19?,22?,23-/m0/s1. The van der Waals surface area contributed by atoms with Crippen LogP contribution in [0, 0.1) is 0 Å². The van der Waals surface area contributed by atoms with E-state index in [0.29, 0.717) is 19.1 Å². The molecule has 31 heavy (non-hydrogen) atoms. The van der Waals surface area contributed by atoms with Crippen molar-refractivity contribution < 1.29 is 17.9 Å². The van der Waals surface area contributed by atoms with Gasteiger partial charge in [0, 0.05) is 18.6 Å². The molecule has 0 aromatic heterocycles. The van der Waals surface area contributed by atoms with Gasteiger partial charge in [-0.25, -0.2) is 13.1 Å². The summed E-state index contributed by atoms with van der Waals surface area (Å²) in [6, 6.07) is 8.48. The second-order valence-corrected chi connectivity index (χ2v) is 11.8. The smallest absolute Gasteiger partial charge is 0.214 e. The van der Waals surface area contributed by atoms with Crippen molar-refractivity contribution in [2.24, 2.45) is 0 Å². The fourth-order valence-corrected chi connectivity index (χ4v) is 7.59. The molecular weight excluding hydrogens is 412 g/mol. The molecule has 3 heterocycles. The van der Waals surface area contributed by atoms with E-state index in [4.69, 9.17) is 9.47 Å². The van der Waals surface area contributed by atoms with Crippen LogP contribution in [0.4, 0.5) is 0 Å². The highest BCUT2D eigenvalue weighted by atomic mass is 32.2. The summed E-state index contributed by atoms with van der Waals surface area (Å²) >= 11 is 0. The molecule has 1 aromatic carbocycles. The lowest BCUT2D eigenvalue weighted by Gasteiger charge is -2.42. The molecule has 7 heteroatoms. The fourth-order valence-electron chi connectivity index (χ4n) is 5.75. The number of piperidine rings is 1. The van der Waals surface area contributed by atoms with Gasteiger partial charge in [-0.2, -0.15) is 0 Å². The number of benzene rings is 1. The Bertz CT molecular complexity index is 849. The van der Waals surface area contributed by atoms with Gasteiger partial charge in [-0.15, -0.1) is 0 Å². The van der Waals surface area contributed by atoms with Gasteiger partial charge in [-0.05, 0) is 75.5 Å². The van der Waals surface area contributed by atoms with E-state index in [2.05, 4.69) is 33.9 Å². The van der Waals surface area contributed by atoms with Crippen LogP contribution in [0.15, 0.2) is 24.3 Å². The molecule has 1 unspecified atom stereocenters. The molecule has 0 radical (unpaired) electrons. The molecule has 5 aliphatic rings. The summed E-state index contributed by atoms with van der Waals surface area (Å²) in [6.07, 6.45) is 9.13. The van der Waals surface area contributed by atoms with Crippen molar-refractivity contribution in [2.45, 2.75) is 87.1 Å². The summed E-state index contributed by atoms with van der Waals surface area (Å²) in [4.78, 5) is 2.39. The van der Waals surface area contributed by atoms with Crippen molar-refractivity contribution in [1.82, 2.24) is 9.62 Å². The van der Waals surface area contributed by atoms with Gasteiger partial charge in [-0.3, -0.25) is 4.90 Å². The van der Waals surface area contributed by atoms with Crippen LogP contribution in [-0.4, -0.2) is 63.1 Å². The topological polar surface area (TPSA) is 67.9 Å². The Labute approximate surface area is 186 Å². The molecule has 1 aromatic rings. The number of nitrogens with one attached hydrogen (secondary N) is 1. The van der Waals surface area contributed by atoms with Crippen LogP contribution in [-0.2, 0) is 14.8 Å². The maximum absolute atomic E-state index is 12.8. The van der Waals surface area contributed by atoms with Gasteiger partial charge in [0.05, 0.1) is 18.0 Å². The van der Waals surface area contributed by atoms with Crippen molar-refractivity contribution in [3.8, 4) is 5.75 Å². The SMILES string of the molecule is O=S(=O)(NC1CCCN2CCOc3ccccc3C3CCC(CC3)OC[C@@H]12)C1CCC1. The Morgan fingerprint density at radius 3 is 2.52 bits per heavy atom. The second-order valence-electron chi connectivity index (χ2n) is 9.76. The van der Waals surface area contributed by atoms with Gasteiger partial charge in [0.1, 0.15) is 12.4 Å². The number of sulfonamides is 1. The molecule has 0 spiro atoms. The maximum atomic E-state index is 12.8. The van der Waals surface area contributed by atoms with Gasteiger partial charge in [-0.1, -0.05) is 24.6 Å². The number of rotatable bonds is 3. The molecule has 6 nitrogen and oxygen atoms in total. The Morgan fingerprint density at radius 1 is 0.935 bits per heavy atom. The Hall–Kier alpha value is -1.15. The van der Waals surface area contributed by atoms with Crippen LogP contribution >= 0.6 is 0 Å². The summed E-state index contributed by atoms with van der Waals surface area (Å²) in [6.45, 7) is 2.97. The van der Waals surface area contributed by atoms with Crippen LogP contribution in [0.1, 0.15) is 69.3 Å². The summed E-state index contributed by atoms with van der Waals surface area (Å²) in [5, 5.41) is -0.200. The van der Waals surface area contributed by atoms with E-state index in [0.717, 1.165) is 76.6 Å². The third kappa shape index (κ3) is 4.80. The van der Waals surface area contributed by atoms with Gasteiger partial charge in [0.15, 0.2) is 0 Å². The van der Waals surface area contributed by atoms with Crippen LogP contribution in [0.3, 0.4) is 0 Å². The average Bonchev–Trinajstić information content (AvgIpc) is 2.74. The number of hydrogen-bond donors (Lipinski definition) is 1. The van der Waals surface area contributed by atoms with Crippen molar-refractivity contribution in [3.05, 3.63) is 29.8 Å². The maximum Gasteiger partial charge on any atom is 0.214 e. The highest BCUT2D eigenvalue weighted by Gasteiger charge is 2.39. The summed E-state index contributed by atoms with van der Waals surface area (Å²) in [5.74, 6) is 1.56. The first-order valence-corrected chi connectivity index (χ1v) is 13.7. The number of nitrogens with zero attached hydrogens (tertiary/aromatic N) is 1. The predicted octanol–water partition coefficient (Wildman–Crippen LogP) is 3.43. The van der Waals surface area contributed by atoms with Crippen LogP contribution in [0.5, 0.6) is 5.75 Å². The molecule has 1 N–H and O–H groups in total. The van der Waals surface area contributed by atoms with Crippen molar-refractivity contribution in [1.29, 1.82) is 0 Å². The Balaban J connectivity index is 1.34. The van der Waals surface area contributed by atoms with Gasteiger partial charge in [0.2, 0.25) is 10.0 Å². The number of hydrogen-bond acceptors (Lipinski definition) is 5. The van der Waals surface area contributed by atoms with Crippen molar-refractivity contribution in [2.75, 3.05) is 26.3 Å². The Kier molecular flexibility index (Phi) is 6.56. The zero-order valence-electron chi connectivity index (χ0n) is 18.4. The van der Waals surface area contributed by atoms with Crippen LogP contribution < -0.4 is 9.46 Å². The highest BCUT2D eigenvalue weighted by molar-refractivity contribution is 7.90. The molecular formula is C24H36N2O4S. The van der Waals surface area contributed by atoms with Gasteiger partial charge >= 0.3 is 0 Å². The average molecular weight is 449 g/mol. The lowest BCUT2D eigenvalue weighted by Crippen LogP contribution is -2.59. The highest BCUT2D eigenvalue weighted by Crippen LogP contribution is 2.39. The summed E-state index contributed by atoms with van der Waals surface area (Å²) in [7, 11) is -3.24. The van der Waals surface area contributed by atoms with Gasteiger partial charge in [0.25, 0.3) is 0 Å². The van der Waals surface area contributed by atoms with E-state index >= 15 is 0 Å². The van der Waals surface area contributed by atoms with E-state index in [1.807, 2.05) is 0 Å². The molecule has 2 atom stereocenters. The van der Waals surface area contributed by atoms with E-state index in [-0.39, 0.29) is 23.4 Å². The molecule has 0 amide bonds. The van der Waals surface area contributed by atoms with Crippen molar-refractivity contribution in [3.63, 3.8) is 0 Å². The molecule has 2 aliphatic carbocycles. The zero-order valence-corrected chi connectivity index (χ0v) is 19.2. The number of fused-ring (bicyclic) bond motifs is 5. The van der Waals surface area contributed by atoms with E-state index in [1.165, 1.54) is 5.56 Å². The zero-order chi connectivity index (χ0) is 21.3. The fraction of sp³-hybridized carbons (Fsp3) is 0.750. The van der Waals surface area contributed by atoms with E-state index in [9.17, 15) is 8.42 Å². The predicted molar refractivity (Wildman–Crippen MR) is 121 cm³/mol. The first kappa shape index (κ1) is 21.7. The molecule has 2 bridgehead atoms. The quantitative estimate of drug-likeness (QED) is 0.767. The molecule has 3 fully saturated rings. The first-order chi connectivity index (χ1) is 15.1. The largest absolute Gasteiger partial charge is 0.492 e. The lowest BCUT2D eigenvalue weighted by atomic mass is 9.82. The lowest BCUT2D eigenvalue weighted by molar-refractivity contribution is -0.0284. The summed E-state index contributed by atoms with van der Waals surface area (Å²) in [5.41, 5.74) is 1.33. The van der Waals surface area contributed by atoms with E-state index < -0.39 is 10.0 Å². The van der Waals surface area contributed by atoms with Crippen LogP contribution in [0.25, 0.3) is 0 Å². The first-order valence-electron chi connectivity index (χ1n) is 12.2. The normalized spacial score (nSPS) is 33.0. The minimum atomic E-state index is -3.24. The molecule has 172 valence electrons. The number of ether oxygens (including phenoxy) is 2.